The number of amides is 1. The third-order valence-electron chi connectivity index (χ3n) is 1.37. The lowest BCUT2D eigenvalue weighted by atomic mass is 10.3. The third-order valence-corrected chi connectivity index (χ3v) is 1.37. The van der Waals surface area contributed by atoms with E-state index in [0.717, 1.165) is 0 Å². The number of hydrogen-bond acceptors (Lipinski definition) is 5. The van der Waals surface area contributed by atoms with Gasteiger partial charge in [-0.15, -0.1) is 0 Å². The molecule has 6 nitrogen and oxygen atoms in total. The Labute approximate surface area is 77.0 Å². The molecule has 0 rings (SSSR count). The summed E-state index contributed by atoms with van der Waals surface area (Å²) in [6.45, 7) is 4.29. The lowest BCUT2D eigenvalue weighted by Gasteiger charge is -2.21. The van der Waals surface area contributed by atoms with E-state index in [2.05, 4.69) is 0 Å². The average Bonchev–Trinajstić information content (AvgIpc) is 2.15. The van der Waals surface area contributed by atoms with Gasteiger partial charge in [0.2, 0.25) is 0 Å². The number of nitrogens with one attached hydrogen (secondary N) is 1. The molecule has 0 aromatic carbocycles. The molecule has 0 aliphatic carbocycles. The lowest BCUT2D eigenvalue weighted by molar-refractivity contribution is -0.165. The average molecular weight is 192 g/mol. The summed E-state index contributed by atoms with van der Waals surface area (Å²) in [7, 11) is 0. The fourth-order valence-corrected chi connectivity index (χ4v) is 0.782. The van der Waals surface area contributed by atoms with Crippen LogP contribution in [0.25, 0.3) is 0 Å². The van der Waals surface area contributed by atoms with E-state index >= 15 is 0 Å². The molecule has 0 bridgehead atoms. The number of rotatable bonds is 6. The standard InChI is InChI=1S/C7H16N2O4/c1-3-12-7(13-4-2)5(8)6(10)9-11/h5,7,11H,3-4,8H2,1-2H3,(H,9,10). The molecule has 0 saturated heterocycles. The summed E-state index contributed by atoms with van der Waals surface area (Å²) in [5.74, 6) is -0.730. The monoisotopic (exact) mass is 192 g/mol. The molecule has 0 aromatic rings. The van der Waals surface area contributed by atoms with E-state index in [0.29, 0.717) is 13.2 Å². The Balaban J connectivity index is 4.08. The van der Waals surface area contributed by atoms with E-state index in [1.54, 1.807) is 13.8 Å². The fraction of sp³-hybridized carbons (Fsp3) is 0.857. The van der Waals surface area contributed by atoms with Crippen molar-refractivity contribution in [3.8, 4) is 0 Å². The minimum absolute atomic E-state index is 0.386. The van der Waals surface area contributed by atoms with Crippen molar-refractivity contribution in [3.63, 3.8) is 0 Å². The Hall–Kier alpha value is -0.690. The summed E-state index contributed by atoms with van der Waals surface area (Å²) in [6, 6.07) is -1.02. The van der Waals surface area contributed by atoms with Crippen LogP contribution in [-0.2, 0) is 14.3 Å². The first-order valence-electron chi connectivity index (χ1n) is 4.10. The van der Waals surface area contributed by atoms with E-state index in [1.165, 1.54) is 5.48 Å². The van der Waals surface area contributed by atoms with Crippen LogP contribution in [0.4, 0.5) is 0 Å². The van der Waals surface area contributed by atoms with Gasteiger partial charge in [0.05, 0.1) is 0 Å². The Kier molecular flexibility index (Phi) is 6.43. The smallest absolute Gasteiger partial charge is 0.265 e. The SMILES string of the molecule is CCOC(OCC)C(N)C(=O)NO. The quantitative estimate of drug-likeness (QED) is 0.291. The van der Waals surface area contributed by atoms with Crippen LogP contribution in [0.15, 0.2) is 0 Å². The maximum atomic E-state index is 10.9. The molecule has 0 aliphatic rings. The van der Waals surface area contributed by atoms with Crippen molar-refractivity contribution < 1.29 is 19.5 Å². The molecule has 0 spiro atoms. The molecular weight excluding hydrogens is 176 g/mol. The van der Waals surface area contributed by atoms with Crippen molar-refractivity contribution >= 4 is 5.91 Å². The van der Waals surface area contributed by atoms with Crippen molar-refractivity contribution in [1.29, 1.82) is 0 Å². The van der Waals surface area contributed by atoms with Gasteiger partial charge in [0, 0.05) is 13.2 Å². The van der Waals surface area contributed by atoms with Crippen LogP contribution in [0.1, 0.15) is 13.8 Å². The highest BCUT2D eigenvalue weighted by Gasteiger charge is 2.24. The summed E-state index contributed by atoms with van der Waals surface area (Å²) < 4.78 is 10.1. The van der Waals surface area contributed by atoms with Crippen molar-refractivity contribution in [2.45, 2.75) is 26.2 Å². The van der Waals surface area contributed by atoms with Gasteiger partial charge in [-0.3, -0.25) is 10.0 Å². The number of hydrogen-bond donors (Lipinski definition) is 3. The predicted molar refractivity (Wildman–Crippen MR) is 44.9 cm³/mol. The zero-order valence-corrected chi connectivity index (χ0v) is 7.82. The molecule has 0 aromatic heterocycles. The molecular formula is C7H16N2O4. The van der Waals surface area contributed by atoms with Crippen LogP contribution in [-0.4, -0.2) is 36.7 Å². The molecule has 6 heteroatoms. The highest BCUT2D eigenvalue weighted by Crippen LogP contribution is 1.99. The summed E-state index contributed by atoms with van der Waals surface area (Å²) >= 11 is 0. The largest absolute Gasteiger partial charge is 0.351 e. The molecule has 78 valence electrons. The van der Waals surface area contributed by atoms with Crippen LogP contribution >= 0.6 is 0 Å². The van der Waals surface area contributed by atoms with Crippen LogP contribution < -0.4 is 11.2 Å². The molecule has 0 radical (unpaired) electrons. The van der Waals surface area contributed by atoms with E-state index < -0.39 is 18.2 Å². The molecule has 0 saturated carbocycles. The third kappa shape index (κ3) is 4.18. The van der Waals surface area contributed by atoms with Gasteiger partial charge in [0.25, 0.3) is 5.91 Å². The van der Waals surface area contributed by atoms with E-state index in [1.807, 2.05) is 0 Å². The summed E-state index contributed by atoms with van der Waals surface area (Å²) in [5.41, 5.74) is 6.86. The van der Waals surface area contributed by atoms with Crippen molar-refractivity contribution in [2.24, 2.45) is 5.73 Å². The highest BCUT2D eigenvalue weighted by molar-refractivity contribution is 5.80. The van der Waals surface area contributed by atoms with Gasteiger partial charge in [-0.25, -0.2) is 5.48 Å². The van der Waals surface area contributed by atoms with Crippen molar-refractivity contribution in [2.75, 3.05) is 13.2 Å². The Morgan fingerprint density at radius 3 is 2.23 bits per heavy atom. The lowest BCUT2D eigenvalue weighted by Crippen LogP contribution is -2.49. The zero-order chi connectivity index (χ0) is 10.3. The molecule has 0 heterocycles. The van der Waals surface area contributed by atoms with Crippen LogP contribution in [0.5, 0.6) is 0 Å². The maximum Gasteiger partial charge on any atom is 0.265 e. The molecule has 0 fully saturated rings. The molecule has 13 heavy (non-hydrogen) atoms. The van der Waals surface area contributed by atoms with E-state index in [4.69, 9.17) is 20.4 Å². The van der Waals surface area contributed by atoms with Gasteiger partial charge in [-0.2, -0.15) is 0 Å². The van der Waals surface area contributed by atoms with Crippen molar-refractivity contribution in [1.82, 2.24) is 5.48 Å². The summed E-state index contributed by atoms with van der Waals surface area (Å²) in [6.07, 6.45) is -0.817. The maximum absolute atomic E-state index is 10.9. The summed E-state index contributed by atoms with van der Waals surface area (Å²) in [5, 5.41) is 8.30. The zero-order valence-electron chi connectivity index (χ0n) is 7.82. The number of hydroxylamine groups is 1. The van der Waals surface area contributed by atoms with Gasteiger partial charge in [-0.1, -0.05) is 0 Å². The molecule has 1 atom stereocenters. The van der Waals surface area contributed by atoms with Gasteiger partial charge >= 0.3 is 0 Å². The first-order chi connectivity index (χ1) is 6.17. The normalized spacial score (nSPS) is 13.0. The topological polar surface area (TPSA) is 93.8 Å². The second kappa shape index (κ2) is 6.79. The Morgan fingerprint density at radius 1 is 1.46 bits per heavy atom. The van der Waals surface area contributed by atoms with Crippen molar-refractivity contribution in [3.05, 3.63) is 0 Å². The molecule has 1 amide bonds. The van der Waals surface area contributed by atoms with Crippen LogP contribution in [0.3, 0.4) is 0 Å². The highest BCUT2D eigenvalue weighted by atomic mass is 16.7. The molecule has 4 N–H and O–H groups in total. The number of carbonyl (C=O) groups is 1. The van der Waals surface area contributed by atoms with Crippen LogP contribution in [0, 0.1) is 0 Å². The van der Waals surface area contributed by atoms with Gasteiger partial charge in [0.1, 0.15) is 6.04 Å². The van der Waals surface area contributed by atoms with Gasteiger partial charge in [0.15, 0.2) is 6.29 Å². The number of carbonyl (C=O) groups excluding carboxylic acids is 1. The number of nitrogens with two attached hydrogens (primary N) is 1. The van der Waals surface area contributed by atoms with E-state index in [-0.39, 0.29) is 0 Å². The van der Waals surface area contributed by atoms with Gasteiger partial charge in [-0.05, 0) is 13.8 Å². The Morgan fingerprint density at radius 2 is 1.92 bits per heavy atom. The van der Waals surface area contributed by atoms with E-state index in [9.17, 15) is 4.79 Å². The fourth-order valence-electron chi connectivity index (χ4n) is 0.782. The minimum atomic E-state index is -1.02. The second-order valence-electron chi connectivity index (χ2n) is 2.28. The second-order valence-corrected chi connectivity index (χ2v) is 2.28. The first-order valence-corrected chi connectivity index (χ1v) is 4.10. The first kappa shape index (κ1) is 12.3. The summed E-state index contributed by atoms with van der Waals surface area (Å²) in [4.78, 5) is 10.9. The number of ether oxygens (including phenoxy) is 2. The minimum Gasteiger partial charge on any atom is -0.351 e. The van der Waals surface area contributed by atoms with Gasteiger partial charge < -0.3 is 15.2 Å². The molecule has 0 aliphatic heterocycles. The predicted octanol–water partition coefficient (Wildman–Crippen LogP) is -0.782. The molecule has 1 unspecified atom stereocenters. The Bertz CT molecular complexity index is 147. The van der Waals surface area contributed by atoms with Crippen LogP contribution in [0.2, 0.25) is 0 Å².